The molecule has 0 aliphatic rings. The molecule has 1 aromatic rings. The largest absolute Gasteiger partial charge is 0.480 e. The van der Waals surface area contributed by atoms with E-state index in [-0.39, 0.29) is 0 Å². The smallest absolute Gasteiger partial charge is 0.323 e. The summed E-state index contributed by atoms with van der Waals surface area (Å²) in [4.78, 5) is 10.7. The first-order valence-electron chi connectivity index (χ1n) is 4.02. The third kappa shape index (κ3) is 2.82. The number of carboxylic acids is 1. The van der Waals surface area contributed by atoms with E-state index in [4.69, 9.17) is 5.11 Å². The van der Waals surface area contributed by atoms with Gasteiger partial charge in [0.15, 0.2) is 0 Å². The van der Waals surface area contributed by atoms with Crippen molar-refractivity contribution in [2.75, 3.05) is 0 Å². The van der Waals surface area contributed by atoms with E-state index in [0.717, 1.165) is 5.56 Å². The second kappa shape index (κ2) is 3.89. The fraction of sp³-hybridized carbons (Fsp3) is 0.444. The van der Waals surface area contributed by atoms with Gasteiger partial charge in [-0.1, -0.05) is 0 Å². The van der Waals surface area contributed by atoms with Crippen LogP contribution in [0.3, 0.4) is 0 Å². The molecule has 13 heavy (non-hydrogen) atoms. The van der Waals surface area contributed by atoms with Crippen molar-refractivity contribution < 1.29 is 9.90 Å². The van der Waals surface area contributed by atoms with Gasteiger partial charge in [0, 0.05) is 6.54 Å². The second-order valence-corrected chi connectivity index (χ2v) is 4.20. The van der Waals surface area contributed by atoms with Crippen LogP contribution < -0.4 is 5.32 Å². The number of aliphatic carboxylic acids is 1. The Hall–Kier alpha value is -0.870. The summed E-state index contributed by atoms with van der Waals surface area (Å²) in [5.41, 5.74) is 0.265. The van der Waals surface area contributed by atoms with Crippen LogP contribution in [0.5, 0.6) is 0 Å². The van der Waals surface area contributed by atoms with Crippen molar-refractivity contribution in [3.8, 4) is 0 Å². The average molecular weight is 199 g/mol. The zero-order valence-corrected chi connectivity index (χ0v) is 8.52. The van der Waals surface area contributed by atoms with Crippen LogP contribution in [0, 0.1) is 0 Å². The highest BCUT2D eigenvalue weighted by Gasteiger charge is 2.25. The maximum Gasteiger partial charge on any atom is 0.323 e. The first kappa shape index (κ1) is 10.2. The standard InChI is InChI=1S/C9H13NO2S/c1-9(2,8(11)12)10-5-7-3-4-13-6-7/h3-4,6,10H,5H2,1-2H3,(H,11,12). The normalized spacial score (nSPS) is 11.5. The summed E-state index contributed by atoms with van der Waals surface area (Å²) < 4.78 is 0. The summed E-state index contributed by atoms with van der Waals surface area (Å²) in [6.07, 6.45) is 0. The number of rotatable bonds is 4. The molecule has 1 heterocycles. The van der Waals surface area contributed by atoms with Gasteiger partial charge in [-0.15, -0.1) is 0 Å². The molecule has 0 saturated heterocycles. The fourth-order valence-electron chi connectivity index (χ4n) is 0.792. The third-order valence-electron chi connectivity index (χ3n) is 1.85. The highest BCUT2D eigenvalue weighted by atomic mass is 32.1. The minimum atomic E-state index is -0.859. The zero-order chi connectivity index (χ0) is 9.90. The van der Waals surface area contributed by atoms with E-state index in [1.54, 1.807) is 25.2 Å². The highest BCUT2D eigenvalue weighted by Crippen LogP contribution is 2.08. The van der Waals surface area contributed by atoms with Crippen molar-refractivity contribution in [2.24, 2.45) is 0 Å². The minimum absolute atomic E-state index is 0.600. The van der Waals surface area contributed by atoms with Crippen molar-refractivity contribution in [3.05, 3.63) is 22.4 Å². The van der Waals surface area contributed by atoms with Crippen LogP contribution >= 0.6 is 11.3 Å². The van der Waals surface area contributed by atoms with Crippen molar-refractivity contribution >= 4 is 17.3 Å². The van der Waals surface area contributed by atoms with Crippen molar-refractivity contribution in [2.45, 2.75) is 25.9 Å². The van der Waals surface area contributed by atoms with E-state index in [2.05, 4.69) is 5.32 Å². The van der Waals surface area contributed by atoms with Crippen LogP contribution in [-0.2, 0) is 11.3 Å². The van der Waals surface area contributed by atoms with Gasteiger partial charge in [-0.25, -0.2) is 0 Å². The number of hydrogen-bond acceptors (Lipinski definition) is 3. The number of thiophene rings is 1. The number of hydrogen-bond donors (Lipinski definition) is 2. The van der Waals surface area contributed by atoms with Gasteiger partial charge >= 0.3 is 5.97 Å². The Morgan fingerprint density at radius 3 is 2.85 bits per heavy atom. The SMILES string of the molecule is CC(C)(NCc1ccsc1)C(=O)O. The van der Waals surface area contributed by atoms with Crippen LogP contribution in [0.15, 0.2) is 16.8 Å². The molecule has 0 aliphatic heterocycles. The molecule has 1 aromatic heterocycles. The van der Waals surface area contributed by atoms with E-state index >= 15 is 0 Å². The second-order valence-electron chi connectivity index (χ2n) is 3.42. The quantitative estimate of drug-likeness (QED) is 0.776. The highest BCUT2D eigenvalue weighted by molar-refractivity contribution is 7.07. The number of nitrogens with one attached hydrogen (secondary N) is 1. The molecule has 0 radical (unpaired) electrons. The van der Waals surface area contributed by atoms with E-state index < -0.39 is 11.5 Å². The molecule has 0 unspecified atom stereocenters. The molecular formula is C9H13NO2S. The summed E-state index contributed by atoms with van der Waals surface area (Å²) in [5.74, 6) is -0.831. The molecule has 0 atom stereocenters. The molecule has 1 rings (SSSR count). The molecule has 0 aliphatic carbocycles. The third-order valence-corrected chi connectivity index (χ3v) is 2.58. The summed E-state index contributed by atoms with van der Waals surface area (Å²) in [6, 6.07) is 1.98. The van der Waals surface area contributed by atoms with Crippen LogP contribution in [0.25, 0.3) is 0 Å². The molecule has 0 fully saturated rings. The van der Waals surface area contributed by atoms with E-state index in [1.807, 2.05) is 16.8 Å². The van der Waals surface area contributed by atoms with E-state index in [1.165, 1.54) is 0 Å². The first-order chi connectivity index (χ1) is 6.02. The molecule has 0 amide bonds. The lowest BCUT2D eigenvalue weighted by molar-refractivity contribution is -0.143. The lowest BCUT2D eigenvalue weighted by atomic mass is 10.1. The molecule has 0 spiro atoms. The molecule has 2 N–H and O–H groups in total. The van der Waals surface area contributed by atoms with Crippen LogP contribution in [-0.4, -0.2) is 16.6 Å². The van der Waals surface area contributed by atoms with Crippen LogP contribution in [0.4, 0.5) is 0 Å². The zero-order valence-electron chi connectivity index (χ0n) is 7.70. The fourth-order valence-corrected chi connectivity index (χ4v) is 1.46. The summed E-state index contributed by atoms with van der Waals surface area (Å²) in [7, 11) is 0. The van der Waals surface area contributed by atoms with Gasteiger partial charge in [0.1, 0.15) is 5.54 Å². The molecular weight excluding hydrogens is 186 g/mol. The Balaban J connectivity index is 2.47. The van der Waals surface area contributed by atoms with Crippen LogP contribution in [0.2, 0.25) is 0 Å². The van der Waals surface area contributed by atoms with E-state index in [0.29, 0.717) is 6.54 Å². The topological polar surface area (TPSA) is 49.3 Å². The Morgan fingerprint density at radius 2 is 2.38 bits per heavy atom. The molecule has 72 valence electrons. The summed E-state index contributed by atoms with van der Waals surface area (Å²) in [6.45, 7) is 3.91. The molecule has 0 bridgehead atoms. The minimum Gasteiger partial charge on any atom is -0.480 e. The summed E-state index contributed by atoms with van der Waals surface area (Å²) in [5, 5.41) is 15.8. The first-order valence-corrected chi connectivity index (χ1v) is 4.96. The average Bonchev–Trinajstić information content (AvgIpc) is 2.52. The van der Waals surface area contributed by atoms with Gasteiger partial charge in [-0.05, 0) is 36.2 Å². The van der Waals surface area contributed by atoms with E-state index in [9.17, 15) is 4.79 Å². The van der Waals surface area contributed by atoms with Gasteiger partial charge in [0.25, 0.3) is 0 Å². The van der Waals surface area contributed by atoms with Gasteiger partial charge in [-0.3, -0.25) is 10.1 Å². The molecule has 4 heteroatoms. The lowest BCUT2D eigenvalue weighted by Crippen LogP contribution is -2.46. The van der Waals surface area contributed by atoms with Gasteiger partial charge < -0.3 is 5.11 Å². The summed E-state index contributed by atoms with van der Waals surface area (Å²) >= 11 is 1.61. The Morgan fingerprint density at radius 1 is 1.69 bits per heavy atom. The van der Waals surface area contributed by atoms with Crippen LogP contribution in [0.1, 0.15) is 19.4 Å². The predicted octanol–water partition coefficient (Wildman–Crippen LogP) is 1.70. The molecule has 3 nitrogen and oxygen atoms in total. The molecule has 0 aromatic carbocycles. The van der Waals surface area contributed by atoms with Gasteiger partial charge in [0.05, 0.1) is 0 Å². The number of carbonyl (C=O) groups is 1. The Bertz CT molecular complexity index is 280. The maximum absolute atomic E-state index is 10.7. The van der Waals surface area contributed by atoms with Crippen molar-refractivity contribution in [1.29, 1.82) is 0 Å². The predicted molar refractivity (Wildman–Crippen MR) is 52.9 cm³/mol. The number of carboxylic acid groups (broad SMARTS) is 1. The van der Waals surface area contributed by atoms with Gasteiger partial charge in [0.2, 0.25) is 0 Å². The van der Waals surface area contributed by atoms with Crippen molar-refractivity contribution in [1.82, 2.24) is 5.32 Å². The Kier molecular flexibility index (Phi) is 3.06. The van der Waals surface area contributed by atoms with Gasteiger partial charge in [-0.2, -0.15) is 11.3 Å². The van der Waals surface area contributed by atoms with Crippen molar-refractivity contribution in [3.63, 3.8) is 0 Å². The maximum atomic E-state index is 10.7. The Labute approximate surface area is 81.4 Å². The molecule has 0 saturated carbocycles. The lowest BCUT2D eigenvalue weighted by Gasteiger charge is -2.20. The monoisotopic (exact) mass is 199 g/mol.